The molecule has 0 bridgehead atoms. The van der Waals surface area contributed by atoms with E-state index in [0.29, 0.717) is 30.4 Å². The van der Waals surface area contributed by atoms with Crippen molar-refractivity contribution < 1.29 is 14.3 Å². The second-order valence-corrected chi connectivity index (χ2v) is 7.89. The van der Waals surface area contributed by atoms with Crippen LogP contribution in [0.2, 0.25) is 0 Å². The smallest absolute Gasteiger partial charge is 0.348 e. The number of carbonyl (C=O) groups is 2. The summed E-state index contributed by atoms with van der Waals surface area (Å²) in [6, 6.07) is 2.01. The van der Waals surface area contributed by atoms with E-state index < -0.39 is 0 Å². The van der Waals surface area contributed by atoms with Gasteiger partial charge in [-0.15, -0.1) is 22.7 Å². The zero-order chi connectivity index (χ0) is 16.9. The molecule has 0 aromatic carbocycles. The lowest BCUT2D eigenvalue weighted by molar-refractivity contribution is -0.121. The van der Waals surface area contributed by atoms with Gasteiger partial charge in [0.1, 0.15) is 4.88 Å². The van der Waals surface area contributed by atoms with Crippen molar-refractivity contribution in [3.05, 3.63) is 21.9 Å². The lowest BCUT2D eigenvalue weighted by Gasteiger charge is -2.09. The molecule has 2 N–H and O–H groups in total. The molecule has 0 radical (unpaired) electrons. The van der Waals surface area contributed by atoms with Crippen molar-refractivity contribution in [2.24, 2.45) is 5.92 Å². The fourth-order valence-electron chi connectivity index (χ4n) is 2.97. The summed E-state index contributed by atoms with van der Waals surface area (Å²) in [6.07, 6.45) is 2.61. The molecule has 0 spiro atoms. The van der Waals surface area contributed by atoms with Gasteiger partial charge in [-0.25, -0.2) is 4.79 Å². The van der Waals surface area contributed by atoms with Gasteiger partial charge in [-0.2, -0.15) is 0 Å². The van der Waals surface area contributed by atoms with Crippen LogP contribution < -0.4 is 10.6 Å². The van der Waals surface area contributed by atoms with E-state index in [9.17, 15) is 9.59 Å². The molecule has 1 saturated heterocycles. The molecule has 130 valence electrons. The highest BCUT2D eigenvalue weighted by Crippen LogP contribution is 2.35. The lowest BCUT2D eigenvalue weighted by Crippen LogP contribution is -2.24. The maximum absolute atomic E-state index is 12.2. The van der Waals surface area contributed by atoms with Crippen LogP contribution in [-0.4, -0.2) is 31.6 Å². The van der Waals surface area contributed by atoms with Gasteiger partial charge in [-0.3, -0.25) is 4.79 Å². The lowest BCUT2D eigenvalue weighted by atomic mass is 10.0. The molecule has 1 aliphatic rings. The second-order valence-electron chi connectivity index (χ2n) is 5.92. The summed E-state index contributed by atoms with van der Waals surface area (Å²) in [6.45, 7) is 4.61. The molecule has 1 fully saturated rings. The average Bonchev–Trinajstić information content (AvgIpc) is 3.28. The highest BCUT2D eigenvalue weighted by molar-refractivity contribution is 7.28. The van der Waals surface area contributed by atoms with Crippen molar-refractivity contribution in [1.29, 1.82) is 0 Å². The number of rotatable bonds is 7. The van der Waals surface area contributed by atoms with Gasteiger partial charge in [0.25, 0.3) is 0 Å². The first-order chi connectivity index (χ1) is 11.7. The number of carbonyl (C=O) groups excluding carboxylic acids is 2. The van der Waals surface area contributed by atoms with E-state index in [1.807, 2.05) is 11.4 Å². The summed E-state index contributed by atoms with van der Waals surface area (Å²) in [5.41, 5.74) is 0.888. The Hall–Kier alpha value is -1.44. The van der Waals surface area contributed by atoms with Gasteiger partial charge in [0, 0.05) is 23.2 Å². The molecule has 2 aromatic heterocycles. The molecule has 7 heteroatoms. The minimum absolute atomic E-state index is 0.0487. The van der Waals surface area contributed by atoms with Crippen LogP contribution in [0.1, 0.15) is 41.4 Å². The molecule has 1 atom stereocenters. The largest absolute Gasteiger partial charge is 0.462 e. The summed E-state index contributed by atoms with van der Waals surface area (Å²) < 4.78 is 7.29. The molecule has 0 aliphatic carbocycles. The number of fused-ring (bicyclic) bond motifs is 1. The Morgan fingerprint density at radius 3 is 3.08 bits per heavy atom. The SMILES string of the molecule is CCOC(=O)c1sc2ccsc2c1CNC(=O)CCC1CCNC1. The predicted molar refractivity (Wildman–Crippen MR) is 97.7 cm³/mol. The Balaban J connectivity index is 1.62. The highest BCUT2D eigenvalue weighted by atomic mass is 32.1. The third kappa shape index (κ3) is 3.96. The second kappa shape index (κ2) is 8.09. The van der Waals surface area contributed by atoms with Gasteiger partial charge in [0.2, 0.25) is 5.91 Å². The van der Waals surface area contributed by atoms with Crippen molar-refractivity contribution in [3.8, 4) is 0 Å². The highest BCUT2D eigenvalue weighted by Gasteiger charge is 2.21. The van der Waals surface area contributed by atoms with E-state index >= 15 is 0 Å². The molecule has 24 heavy (non-hydrogen) atoms. The zero-order valence-electron chi connectivity index (χ0n) is 13.7. The van der Waals surface area contributed by atoms with Crippen LogP contribution in [0.15, 0.2) is 11.4 Å². The molecule has 2 aromatic rings. The summed E-state index contributed by atoms with van der Waals surface area (Å²) in [4.78, 5) is 24.9. The van der Waals surface area contributed by atoms with Crippen molar-refractivity contribution in [1.82, 2.24) is 10.6 Å². The Morgan fingerprint density at radius 2 is 2.33 bits per heavy atom. The van der Waals surface area contributed by atoms with Crippen LogP contribution in [0.5, 0.6) is 0 Å². The van der Waals surface area contributed by atoms with Crippen LogP contribution in [0.25, 0.3) is 9.40 Å². The Labute approximate surface area is 149 Å². The van der Waals surface area contributed by atoms with Crippen molar-refractivity contribution >= 4 is 43.9 Å². The molecule has 1 amide bonds. The average molecular weight is 367 g/mol. The van der Waals surface area contributed by atoms with E-state index in [1.165, 1.54) is 11.3 Å². The quantitative estimate of drug-likeness (QED) is 0.739. The first-order valence-corrected chi connectivity index (χ1v) is 10.0. The third-order valence-electron chi connectivity index (χ3n) is 4.25. The minimum atomic E-state index is -0.299. The van der Waals surface area contributed by atoms with Gasteiger partial charge >= 0.3 is 5.97 Å². The van der Waals surface area contributed by atoms with Crippen LogP contribution in [0, 0.1) is 5.92 Å². The number of ether oxygens (including phenoxy) is 1. The van der Waals surface area contributed by atoms with E-state index in [2.05, 4.69) is 10.6 Å². The molecule has 3 heterocycles. The van der Waals surface area contributed by atoms with Crippen LogP contribution in [0.3, 0.4) is 0 Å². The predicted octanol–water partition coefficient (Wildman–Crippen LogP) is 3.15. The number of esters is 1. The number of amides is 1. The van der Waals surface area contributed by atoms with E-state index in [0.717, 1.165) is 40.9 Å². The maximum Gasteiger partial charge on any atom is 0.348 e. The van der Waals surface area contributed by atoms with Gasteiger partial charge in [0.05, 0.1) is 11.3 Å². The van der Waals surface area contributed by atoms with E-state index in [4.69, 9.17) is 4.74 Å². The maximum atomic E-state index is 12.2. The molecule has 0 saturated carbocycles. The summed E-state index contributed by atoms with van der Waals surface area (Å²) in [7, 11) is 0. The first kappa shape index (κ1) is 17.4. The number of nitrogens with one attached hydrogen (secondary N) is 2. The molecule has 3 rings (SSSR count). The summed E-state index contributed by atoms with van der Waals surface area (Å²) >= 11 is 3.04. The molecular formula is C17H22N2O3S2. The van der Waals surface area contributed by atoms with Crippen LogP contribution in [0.4, 0.5) is 0 Å². The third-order valence-corrected chi connectivity index (χ3v) is 6.54. The molecular weight excluding hydrogens is 344 g/mol. The van der Waals surface area contributed by atoms with Gasteiger partial charge in [0.15, 0.2) is 0 Å². The minimum Gasteiger partial charge on any atom is -0.462 e. The summed E-state index contributed by atoms with van der Waals surface area (Å²) in [5, 5.41) is 8.30. The topological polar surface area (TPSA) is 67.4 Å². The Bertz CT molecular complexity index is 717. The van der Waals surface area contributed by atoms with Crippen LogP contribution in [-0.2, 0) is 16.1 Å². The fourth-order valence-corrected chi connectivity index (χ4v) is 5.24. The normalized spacial score (nSPS) is 17.3. The summed E-state index contributed by atoms with van der Waals surface area (Å²) in [5.74, 6) is 0.357. The molecule has 5 nitrogen and oxygen atoms in total. The number of hydrogen-bond acceptors (Lipinski definition) is 6. The number of hydrogen-bond donors (Lipinski definition) is 2. The fraction of sp³-hybridized carbons (Fsp3) is 0.529. The van der Waals surface area contributed by atoms with E-state index in [-0.39, 0.29) is 11.9 Å². The van der Waals surface area contributed by atoms with E-state index in [1.54, 1.807) is 18.3 Å². The van der Waals surface area contributed by atoms with Gasteiger partial charge in [-0.1, -0.05) is 0 Å². The van der Waals surface area contributed by atoms with Crippen LogP contribution >= 0.6 is 22.7 Å². The Kier molecular flexibility index (Phi) is 5.86. The van der Waals surface area contributed by atoms with Crippen molar-refractivity contribution in [2.45, 2.75) is 32.7 Å². The molecule has 1 aliphatic heterocycles. The van der Waals surface area contributed by atoms with Crippen molar-refractivity contribution in [2.75, 3.05) is 19.7 Å². The molecule has 1 unspecified atom stereocenters. The Morgan fingerprint density at radius 1 is 1.46 bits per heavy atom. The van der Waals surface area contributed by atoms with Gasteiger partial charge in [-0.05, 0) is 50.2 Å². The number of thiophene rings is 2. The zero-order valence-corrected chi connectivity index (χ0v) is 15.4. The standard InChI is InChI=1S/C17H22N2O3S2/c1-2-22-17(21)16-12(15-13(24-16)6-8-23-15)10-19-14(20)4-3-11-5-7-18-9-11/h6,8,11,18H,2-5,7,9-10H2,1H3,(H,19,20). The first-order valence-electron chi connectivity index (χ1n) is 8.32. The monoisotopic (exact) mass is 366 g/mol. The van der Waals surface area contributed by atoms with Crippen molar-refractivity contribution in [3.63, 3.8) is 0 Å². The van der Waals surface area contributed by atoms with Gasteiger partial charge < -0.3 is 15.4 Å².